The second kappa shape index (κ2) is 5.85. The molecule has 0 aliphatic rings. The first kappa shape index (κ1) is 14.1. The van der Waals surface area contributed by atoms with Gasteiger partial charge in [0.25, 0.3) is 5.91 Å². The van der Waals surface area contributed by atoms with Crippen molar-refractivity contribution in [2.75, 3.05) is 0 Å². The molecule has 0 bridgehead atoms. The fraction of sp³-hybridized carbons (Fsp3) is 0.188. The third-order valence-electron chi connectivity index (χ3n) is 3.43. The third kappa shape index (κ3) is 2.76. The number of aromatic nitrogens is 4. The lowest BCUT2D eigenvalue weighted by Gasteiger charge is -2.08. The van der Waals surface area contributed by atoms with Crippen LogP contribution in [0.5, 0.6) is 0 Å². The van der Waals surface area contributed by atoms with E-state index in [2.05, 4.69) is 15.4 Å². The summed E-state index contributed by atoms with van der Waals surface area (Å²) >= 11 is 0. The van der Waals surface area contributed by atoms with Gasteiger partial charge in [0.05, 0.1) is 6.20 Å². The number of pyridine rings is 1. The molecule has 0 spiro atoms. The number of aryl methyl sites for hydroxylation is 2. The molecule has 3 aromatic rings. The summed E-state index contributed by atoms with van der Waals surface area (Å²) in [6, 6.07) is 7.70. The number of hydrogen-bond donors (Lipinski definition) is 1. The minimum atomic E-state index is -0.155. The molecular weight excluding hydrogens is 278 g/mol. The van der Waals surface area contributed by atoms with Crippen molar-refractivity contribution in [3.05, 3.63) is 65.9 Å². The average molecular weight is 295 g/mol. The molecule has 3 rings (SSSR count). The van der Waals surface area contributed by atoms with E-state index in [4.69, 9.17) is 0 Å². The summed E-state index contributed by atoms with van der Waals surface area (Å²) < 4.78 is 3.55. The summed E-state index contributed by atoms with van der Waals surface area (Å²) in [5, 5.41) is 7.09. The molecule has 1 N–H and O–H groups in total. The summed E-state index contributed by atoms with van der Waals surface area (Å²) in [6.45, 7) is 2.37. The Morgan fingerprint density at radius 2 is 2.00 bits per heavy atom. The minimum Gasteiger partial charge on any atom is -0.348 e. The molecule has 0 saturated heterocycles. The Balaban J connectivity index is 1.77. The number of hydrogen-bond acceptors (Lipinski definition) is 3. The predicted octanol–water partition coefficient (Wildman–Crippen LogP) is 1.84. The van der Waals surface area contributed by atoms with Gasteiger partial charge in [-0.3, -0.25) is 14.5 Å². The molecule has 3 aromatic heterocycles. The van der Waals surface area contributed by atoms with Crippen LogP contribution in [0.25, 0.3) is 5.82 Å². The molecule has 22 heavy (non-hydrogen) atoms. The highest BCUT2D eigenvalue weighted by Crippen LogP contribution is 2.14. The highest BCUT2D eigenvalue weighted by molar-refractivity contribution is 5.97. The molecule has 1 amide bonds. The van der Waals surface area contributed by atoms with E-state index < -0.39 is 0 Å². The van der Waals surface area contributed by atoms with Gasteiger partial charge in [-0.25, -0.2) is 0 Å². The number of nitrogens with one attached hydrogen (secondary N) is 1. The molecule has 0 unspecified atom stereocenters. The number of carbonyl (C=O) groups is 1. The second-order valence-corrected chi connectivity index (χ2v) is 5.09. The third-order valence-corrected chi connectivity index (χ3v) is 3.43. The first-order valence-corrected chi connectivity index (χ1v) is 7.00. The lowest BCUT2D eigenvalue weighted by atomic mass is 10.2. The number of rotatable bonds is 4. The molecular formula is C16H17N5O. The van der Waals surface area contributed by atoms with Crippen molar-refractivity contribution in [1.29, 1.82) is 0 Å². The van der Waals surface area contributed by atoms with E-state index in [1.807, 2.05) is 55.2 Å². The van der Waals surface area contributed by atoms with E-state index in [-0.39, 0.29) is 5.91 Å². The summed E-state index contributed by atoms with van der Waals surface area (Å²) in [4.78, 5) is 16.6. The first-order valence-electron chi connectivity index (χ1n) is 7.00. The Kier molecular flexibility index (Phi) is 3.74. The molecule has 0 aliphatic carbocycles. The van der Waals surface area contributed by atoms with Gasteiger partial charge < -0.3 is 9.88 Å². The fourth-order valence-corrected chi connectivity index (χ4v) is 2.25. The average Bonchev–Trinajstić information content (AvgIpc) is 3.15. The van der Waals surface area contributed by atoms with Gasteiger partial charge in [0.2, 0.25) is 0 Å². The van der Waals surface area contributed by atoms with Gasteiger partial charge in [-0.15, -0.1) is 0 Å². The van der Waals surface area contributed by atoms with Gasteiger partial charge >= 0.3 is 0 Å². The predicted molar refractivity (Wildman–Crippen MR) is 82.7 cm³/mol. The van der Waals surface area contributed by atoms with Crippen LogP contribution < -0.4 is 5.32 Å². The van der Waals surface area contributed by atoms with Gasteiger partial charge in [0.15, 0.2) is 0 Å². The molecule has 0 aromatic carbocycles. The first-order chi connectivity index (χ1) is 10.6. The smallest absolute Gasteiger partial charge is 0.256 e. The van der Waals surface area contributed by atoms with Crippen LogP contribution in [0.2, 0.25) is 0 Å². The number of amides is 1. The summed E-state index contributed by atoms with van der Waals surface area (Å²) in [6.07, 6.45) is 7.12. The maximum Gasteiger partial charge on any atom is 0.256 e. The largest absolute Gasteiger partial charge is 0.348 e. The van der Waals surface area contributed by atoms with Crippen LogP contribution in [0.3, 0.4) is 0 Å². The molecule has 0 atom stereocenters. The van der Waals surface area contributed by atoms with E-state index in [0.29, 0.717) is 12.1 Å². The zero-order valence-electron chi connectivity index (χ0n) is 12.5. The van der Waals surface area contributed by atoms with Gasteiger partial charge in [0, 0.05) is 37.9 Å². The molecule has 6 heteroatoms. The van der Waals surface area contributed by atoms with E-state index in [0.717, 1.165) is 17.1 Å². The van der Waals surface area contributed by atoms with Crippen molar-refractivity contribution in [1.82, 2.24) is 24.6 Å². The van der Waals surface area contributed by atoms with Crippen LogP contribution >= 0.6 is 0 Å². The van der Waals surface area contributed by atoms with Crippen molar-refractivity contribution in [2.24, 2.45) is 7.05 Å². The lowest BCUT2D eigenvalue weighted by molar-refractivity contribution is 0.0951. The second-order valence-electron chi connectivity index (χ2n) is 5.09. The summed E-state index contributed by atoms with van der Waals surface area (Å²) in [5.74, 6) is 0.585. The van der Waals surface area contributed by atoms with Crippen molar-refractivity contribution >= 4 is 5.91 Å². The zero-order chi connectivity index (χ0) is 15.5. The Morgan fingerprint density at radius 1 is 1.23 bits per heavy atom. The van der Waals surface area contributed by atoms with Gasteiger partial charge in [-0.05, 0) is 30.7 Å². The van der Waals surface area contributed by atoms with Crippen molar-refractivity contribution in [3.8, 4) is 5.82 Å². The van der Waals surface area contributed by atoms with Crippen LogP contribution in [0, 0.1) is 6.92 Å². The van der Waals surface area contributed by atoms with E-state index in [1.54, 1.807) is 17.1 Å². The standard InChI is InChI=1S/C16H17N5O/c1-12-5-6-13(9-17-12)10-18-15(22)14-11-19-20(2)16(14)21-7-3-4-8-21/h3-9,11H,10H2,1-2H3,(H,18,22). The molecule has 3 heterocycles. The van der Waals surface area contributed by atoms with Crippen LogP contribution in [0.15, 0.2) is 49.1 Å². The van der Waals surface area contributed by atoms with Gasteiger partial charge in [-0.1, -0.05) is 6.07 Å². The van der Waals surface area contributed by atoms with Crippen LogP contribution in [-0.4, -0.2) is 25.2 Å². The van der Waals surface area contributed by atoms with Crippen molar-refractivity contribution in [2.45, 2.75) is 13.5 Å². The van der Waals surface area contributed by atoms with Crippen LogP contribution in [0.4, 0.5) is 0 Å². The molecule has 0 fully saturated rings. The van der Waals surface area contributed by atoms with Gasteiger partial charge in [0.1, 0.15) is 11.4 Å². The fourth-order valence-electron chi connectivity index (χ4n) is 2.25. The quantitative estimate of drug-likeness (QED) is 0.799. The minimum absolute atomic E-state index is 0.155. The molecule has 112 valence electrons. The van der Waals surface area contributed by atoms with E-state index >= 15 is 0 Å². The molecule has 0 saturated carbocycles. The summed E-state index contributed by atoms with van der Waals surface area (Å²) in [5.41, 5.74) is 2.46. The van der Waals surface area contributed by atoms with Crippen molar-refractivity contribution < 1.29 is 4.79 Å². The van der Waals surface area contributed by atoms with Crippen LogP contribution in [0.1, 0.15) is 21.6 Å². The normalized spacial score (nSPS) is 10.6. The number of carbonyl (C=O) groups excluding carboxylic acids is 1. The Hall–Kier alpha value is -2.89. The molecule has 0 radical (unpaired) electrons. The molecule has 6 nitrogen and oxygen atoms in total. The number of nitrogens with zero attached hydrogens (tertiary/aromatic N) is 4. The SMILES string of the molecule is Cc1ccc(CNC(=O)c2cnn(C)c2-n2cccc2)cn1. The topological polar surface area (TPSA) is 64.7 Å². The van der Waals surface area contributed by atoms with Crippen molar-refractivity contribution in [3.63, 3.8) is 0 Å². The molecule has 0 aliphatic heterocycles. The zero-order valence-corrected chi connectivity index (χ0v) is 12.5. The van der Waals surface area contributed by atoms with E-state index in [1.165, 1.54) is 0 Å². The Bertz CT molecular complexity index is 771. The Labute approximate surface area is 128 Å². The highest BCUT2D eigenvalue weighted by Gasteiger charge is 2.16. The van der Waals surface area contributed by atoms with Gasteiger partial charge in [-0.2, -0.15) is 5.10 Å². The van der Waals surface area contributed by atoms with Crippen LogP contribution in [-0.2, 0) is 13.6 Å². The lowest BCUT2D eigenvalue weighted by Crippen LogP contribution is -2.24. The maximum atomic E-state index is 12.4. The highest BCUT2D eigenvalue weighted by atomic mass is 16.1. The summed E-state index contributed by atoms with van der Waals surface area (Å²) in [7, 11) is 1.82. The Morgan fingerprint density at radius 3 is 2.68 bits per heavy atom. The monoisotopic (exact) mass is 295 g/mol. The van der Waals surface area contributed by atoms with E-state index in [9.17, 15) is 4.79 Å². The maximum absolute atomic E-state index is 12.4.